The van der Waals surface area contributed by atoms with Crippen LogP contribution < -0.4 is 9.47 Å². The van der Waals surface area contributed by atoms with Crippen LogP contribution in [-0.2, 0) is 35.2 Å². The van der Waals surface area contributed by atoms with Crippen LogP contribution >= 0.6 is 0 Å². The van der Waals surface area contributed by atoms with Crippen LogP contribution in [0, 0.1) is 0 Å². The zero-order valence-corrected chi connectivity index (χ0v) is 18.8. The van der Waals surface area contributed by atoms with E-state index < -0.39 is 36.1 Å². The third-order valence-corrected chi connectivity index (χ3v) is 4.73. The van der Waals surface area contributed by atoms with E-state index in [1.165, 1.54) is 48.7 Å². The summed E-state index contributed by atoms with van der Waals surface area (Å²) in [4.78, 5) is 15.1. The first-order valence-electron chi connectivity index (χ1n) is 10.5. The van der Waals surface area contributed by atoms with Gasteiger partial charge in [-0.25, -0.2) is 4.79 Å². The molecule has 0 aliphatic heterocycles. The Bertz CT molecular complexity index is 1260. The summed E-state index contributed by atoms with van der Waals surface area (Å²) in [5, 5.41) is 12.1. The molecule has 3 aromatic carbocycles. The second-order valence-electron chi connectivity index (χ2n) is 7.58. The largest absolute Gasteiger partial charge is 0.485 e. The Morgan fingerprint density at radius 1 is 0.784 bits per heavy atom. The molecule has 3 rings (SSSR count). The third kappa shape index (κ3) is 8.44. The average Bonchev–Trinajstić information content (AvgIpc) is 2.84. The molecule has 0 amide bonds. The smallest absolute Gasteiger partial charge is 0.416 e. The molecule has 0 bridgehead atoms. The van der Waals surface area contributed by atoms with Gasteiger partial charge < -0.3 is 19.4 Å². The Morgan fingerprint density at radius 2 is 1.32 bits per heavy atom. The highest BCUT2D eigenvalue weighted by Gasteiger charge is 2.31. The van der Waals surface area contributed by atoms with E-state index in [0.717, 1.165) is 24.3 Å². The topological polar surface area (TPSA) is 77.4 Å². The number of rotatable bonds is 10. The van der Waals surface area contributed by atoms with Crippen molar-refractivity contribution in [2.75, 3.05) is 6.61 Å². The highest BCUT2D eigenvalue weighted by molar-refractivity contribution is 5.80. The summed E-state index contributed by atoms with van der Waals surface area (Å²) in [5.41, 5.74) is -0.890. The standard InChI is InChI=1S/C25H19F6NO5/c26-24(27,28)19-5-1-3-17(9-19)13-35-21-8-7-16(12-32-37-15-23(33)34)11-22(21)36-14-18-4-2-6-20(10-18)25(29,30)31/h1-12H,13-15H2,(H,33,34)/b32-12+. The van der Waals surface area contributed by atoms with E-state index >= 15 is 0 Å². The number of nitrogens with zero attached hydrogens (tertiary/aromatic N) is 1. The van der Waals surface area contributed by atoms with Gasteiger partial charge in [-0.1, -0.05) is 29.4 Å². The van der Waals surface area contributed by atoms with Gasteiger partial charge in [-0.2, -0.15) is 26.3 Å². The van der Waals surface area contributed by atoms with Crippen LogP contribution in [-0.4, -0.2) is 23.9 Å². The number of alkyl halides is 6. The first kappa shape index (κ1) is 27.4. The minimum Gasteiger partial charge on any atom is -0.485 e. The number of benzene rings is 3. The van der Waals surface area contributed by atoms with Crippen LogP contribution in [0.5, 0.6) is 11.5 Å². The van der Waals surface area contributed by atoms with Crippen LogP contribution in [0.4, 0.5) is 26.3 Å². The molecule has 0 unspecified atom stereocenters. The van der Waals surface area contributed by atoms with Gasteiger partial charge in [0.1, 0.15) is 13.2 Å². The molecule has 0 saturated heterocycles. The Labute approximate surface area is 206 Å². The Hall–Kier alpha value is -4.22. The van der Waals surface area contributed by atoms with Crippen LogP contribution in [0.2, 0.25) is 0 Å². The van der Waals surface area contributed by atoms with Crippen molar-refractivity contribution in [2.45, 2.75) is 25.6 Å². The molecule has 0 aliphatic carbocycles. The molecule has 37 heavy (non-hydrogen) atoms. The maximum atomic E-state index is 13.0. The molecular formula is C25H19F6NO5. The molecule has 0 heterocycles. The summed E-state index contributed by atoms with van der Waals surface area (Å²) in [6, 6.07) is 13.4. The van der Waals surface area contributed by atoms with Crippen molar-refractivity contribution in [3.63, 3.8) is 0 Å². The Morgan fingerprint density at radius 3 is 1.84 bits per heavy atom. The van der Waals surface area contributed by atoms with E-state index in [4.69, 9.17) is 14.6 Å². The molecule has 3 aromatic rings. The van der Waals surface area contributed by atoms with Crippen molar-refractivity contribution < 1.29 is 50.6 Å². The van der Waals surface area contributed by atoms with E-state index in [2.05, 4.69) is 9.99 Å². The van der Waals surface area contributed by atoms with Gasteiger partial charge in [0.25, 0.3) is 0 Å². The lowest BCUT2D eigenvalue weighted by Crippen LogP contribution is -2.07. The van der Waals surface area contributed by atoms with E-state index in [0.29, 0.717) is 5.56 Å². The van der Waals surface area contributed by atoms with Gasteiger partial charge in [-0.05, 0) is 53.6 Å². The maximum Gasteiger partial charge on any atom is 0.416 e. The van der Waals surface area contributed by atoms with E-state index in [1.54, 1.807) is 0 Å². The summed E-state index contributed by atoms with van der Waals surface area (Å²) in [6.45, 7) is -1.20. The van der Waals surface area contributed by atoms with Gasteiger partial charge in [0.2, 0.25) is 6.61 Å². The van der Waals surface area contributed by atoms with Crippen molar-refractivity contribution >= 4 is 12.2 Å². The van der Waals surface area contributed by atoms with E-state index in [9.17, 15) is 31.1 Å². The number of aliphatic carboxylic acids is 1. The number of ether oxygens (including phenoxy) is 2. The minimum absolute atomic E-state index is 0.0616. The molecule has 1 N–H and O–H groups in total. The number of carbonyl (C=O) groups is 1. The predicted octanol–water partition coefficient (Wildman–Crippen LogP) is 6.32. The first-order chi connectivity index (χ1) is 17.4. The average molecular weight is 527 g/mol. The number of carboxylic acids is 1. The van der Waals surface area contributed by atoms with Crippen molar-refractivity contribution in [3.8, 4) is 11.5 Å². The summed E-state index contributed by atoms with van der Waals surface area (Å²) in [6.07, 6.45) is -7.89. The number of oxime groups is 1. The number of carboxylic acid groups (broad SMARTS) is 1. The lowest BCUT2D eigenvalue weighted by Gasteiger charge is -2.15. The third-order valence-electron chi connectivity index (χ3n) is 4.73. The summed E-state index contributed by atoms with van der Waals surface area (Å²) in [5.74, 6) is -1.07. The van der Waals surface area contributed by atoms with Gasteiger partial charge in [-0.3, -0.25) is 0 Å². The number of hydrogen-bond acceptors (Lipinski definition) is 5. The maximum absolute atomic E-state index is 13.0. The molecule has 12 heteroatoms. The van der Waals surface area contributed by atoms with Gasteiger partial charge in [0, 0.05) is 5.56 Å². The van der Waals surface area contributed by atoms with Crippen LogP contribution in [0.15, 0.2) is 71.9 Å². The highest BCUT2D eigenvalue weighted by atomic mass is 19.4. The van der Waals surface area contributed by atoms with Gasteiger partial charge in [0.05, 0.1) is 17.3 Å². The van der Waals surface area contributed by atoms with Gasteiger partial charge in [-0.15, -0.1) is 0 Å². The predicted molar refractivity (Wildman–Crippen MR) is 119 cm³/mol. The van der Waals surface area contributed by atoms with Crippen molar-refractivity contribution in [3.05, 3.63) is 94.5 Å². The van der Waals surface area contributed by atoms with Crippen molar-refractivity contribution in [2.24, 2.45) is 5.16 Å². The molecule has 0 aliphatic rings. The van der Waals surface area contributed by atoms with Gasteiger partial charge >= 0.3 is 18.3 Å². The Kier molecular flexibility index (Phi) is 8.64. The minimum atomic E-state index is -4.54. The molecule has 0 atom stereocenters. The number of halogens is 6. The second kappa shape index (κ2) is 11.7. The fraction of sp³-hybridized carbons (Fsp3) is 0.200. The Balaban J connectivity index is 1.81. The van der Waals surface area contributed by atoms with Crippen molar-refractivity contribution in [1.82, 2.24) is 0 Å². The zero-order chi connectivity index (χ0) is 27.1. The normalized spacial score (nSPS) is 11.9. The fourth-order valence-corrected chi connectivity index (χ4v) is 3.02. The molecule has 6 nitrogen and oxygen atoms in total. The summed E-state index contributed by atoms with van der Waals surface area (Å²) in [7, 11) is 0. The highest BCUT2D eigenvalue weighted by Crippen LogP contribution is 2.33. The van der Waals surface area contributed by atoms with Crippen LogP contribution in [0.1, 0.15) is 27.8 Å². The molecule has 196 valence electrons. The summed E-state index contributed by atoms with van der Waals surface area (Å²) >= 11 is 0. The molecule has 0 spiro atoms. The second-order valence-corrected chi connectivity index (χ2v) is 7.58. The lowest BCUT2D eigenvalue weighted by molar-refractivity contribution is -0.142. The SMILES string of the molecule is O=C(O)CO/N=C/c1ccc(OCc2cccc(C(F)(F)F)c2)c(OCc2cccc(C(F)(F)F)c2)c1. The van der Waals surface area contributed by atoms with E-state index in [-0.39, 0.29) is 35.8 Å². The fourth-order valence-electron chi connectivity index (χ4n) is 3.02. The van der Waals surface area contributed by atoms with Crippen LogP contribution in [0.3, 0.4) is 0 Å². The molecular weight excluding hydrogens is 508 g/mol. The molecule has 0 radical (unpaired) electrons. The summed E-state index contributed by atoms with van der Waals surface area (Å²) < 4.78 is 89.3. The molecule has 0 fully saturated rings. The zero-order valence-electron chi connectivity index (χ0n) is 18.8. The monoisotopic (exact) mass is 527 g/mol. The quantitative estimate of drug-likeness (QED) is 0.190. The molecule has 0 saturated carbocycles. The van der Waals surface area contributed by atoms with Crippen molar-refractivity contribution in [1.29, 1.82) is 0 Å². The van der Waals surface area contributed by atoms with Crippen LogP contribution in [0.25, 0.3) is 0 Å². The lowest BCUT2D eigenvalue weighted by atomic mass is 10.1. The number of hydrogen-bond donors (Lipinski definition) is 1. The molecule has 0 aromatic heterocycles. The van der Waals surface area contributed by atoms with E-state index in [1.807, 2.05) is 0 Å². The first-order valence-corrected chi connectivity index (χ1v) is 10.5. The van der Waals surface area contributed by atoms with Gasteiger partial charge in [0.15, 0.2) is 11.5 Å².